The van der Waals surface area contributed by atoms with E-state index in [4.69, 9.17) is 4.74 Å². The maximum Gasteiger partial charge on any atom is 0.407 e. The van der Waals surface area contributed by atoms with E-state index in [0.29, 0.717) is 6.61 Å². The van der Waals surface area contributed by atoms with Crippen LogP contribution in [0, 0.1) is 0 Å². The number of nitrogens with zero attached hydrogens (tertiary/aromatic N) is 1. The highest BCUT2D eigenvalue weighted by atomic mass is 28.3. The Morgan fingerprint density at radius 2 is 2.05 bits per heavy atom. The molecular weight excluding hydrogens is 292 g/mol. The highest BCUT2D eigenvalue weighted by Gasteiger charge is 2.24. The van der Waals surface area contributed by atoms with Crippen LogP contribution >= 0.6 is 0 Å². The lowest BCUT2D eigenvalue weighted by atomic mass is 10.2. The van der Waals surface area contributed by atoms with Crippen molar-refractivity contribution in [2.24, 2.45) is 0 Å². The third-order valence-corrected chi connectivity index (χ3v) is 5.63. The van der Waals surface area contributed by atoms with Crippen LogP contribution in [0.1, 0.15) is 12.0 Å². The first-order chi connectivity index (χ1) is 10.4. The Kier molecular flexibility index (Phi) is 6.03. The molecule has 0 aliphatic carbocycles. The van der Waals surface area contributed by atoms with Gasteiger partial charge in [-0.25, -0.2) is 4.79 Å². The van der Waals surface area contributed by atoms with Crippen molar-refractivity contribution in [3.63, 3.8) is 0 Å². The van der Waals surface area contributed by atoms with Gasteiger partial charge in [-0.1, -0.05) is 50.0 Å². The standard InChI is InChI=1S/C17H28N2O2Si/c1-22(2,3)12-11-21-17(20)18-16-9-10-19(14-16)13-15-7-5-4-6-8-15/h4-8,16H,9-14H2,1-3H3,(H,18,20)/t16-/m1/s1. The minimum absolute atomic E-state index is 0.211. The fourth-order valence-corrected chi connectivity index (χ4v) is 3.31. The Morgan fingerprint density at radius 3 is 2.73 bits per heavy atom. The first-order valence-corrected chi connectivity index (χ1v) is 11.8. The molecular formula is C17H28N2O2Si. The average Bonchev–Trinajstić information content (AvgIpc) is 2.85. The number of amides is 1. The normalized spacial score (nSPS) is 19.1. The molecule has 122 valence electrons. The van der Waals surface area contributed by atoms with E-state index in [1.54, 1.807) is 0 Å². The molecule has 1 amide bonds. The van der Waals surface area contributed by atoms with Gasteiger partial charge in [0.05, 0.1) is 6.61 Å². The molecule has 1 N–H and O–H groups in total. The molecule has 0 bridgehead atoms. The van der Waals surface area contributed by atoms with Crippen molar-refractivity contribution in [1.29, 1.82) is 0 Å². The number of hydrogen-bond acceptors (Lipinski definition) is 3. The summed E-state index contributed by atoms with van der Waals surface area (Å²) in [4.78, 5) is 14.2. The van der Waals surface area contributed by atoms with Crippen molar-refractivity contribution in [2.45, 2.75) is 44.7 Å². The molecule has 1 heterocycles. The van der Waals surface area contributed by atoms with E-state index in [2.05, 4.69) is 54.1 Å². The average molecular weight is 321 g/mol. The van der Waals surface area contributed by atoms with Gasteiger partial charge in [-0.05, 0) is 18.0 Å². The quantitative estimate of drug-likeness (QED) is 0.818. The van der Waals surface area contributed by atoms with Gasteiger partial charge in [0.1, 0.15) is 0 Å². The van der Waals surface area contributed by atoms with Crippen molar-refractivity contribution < 1.29 is 9.53 Å². The minimum atomic E-state index is -1.14. The van der Waals surface area contributed by atoms with Gasteiger partial charge in [0.15, 0.2) is 0 Å². The highest BCUT2D eigenvalue weighted by molar-refractivity contribution is 6.76. The Labute approximate surface area is 134 Å². The number of carbonyl (C=O) groups is 1. The molecule has 0 aromatic heterocycles. The maximum absolute atomic E-state index is 11.8. The monoisotopic (exact) mass is 320 g/mol. The SMILES string of the molecule is C[Si](C)(C)CCOC(=O)N[C@@H]1CCN(Cc2ccccc2)C1. The molecule has 1 fully saturated rings. The Hall–Kier alpha value is -1.33. The van der Waals surface area contributed by atoms with Crippen molar-refractivity contribution in [3.8, 4) is 0 Å². The van der Waals surface area contributed by atoms with Crippen LogP contribution in [0.25, 0.3) is 0 Å². The zero-order valence-electron chi connectivity index (χ0n) is 14.0. The molecule has 0 spiro atoms. The fraction of sp³-hybridized carbons (Fsp3) is 0.588. The lowest BCUT2D eigenvalue weighted by molar-refractivity contribution is 0.147. The van der Waals surface area contributed by atoms with Crippen LogP contribution < -0.4 is 5.32 Å². The van der Waals surface area contributed by atoms with Crippen LogP contribution in [0.3, 0.4) is 0 Å². The number of carbonyl (C=O) groups excluding carboxylic acids is 1. The van der Waals surface area contributed by atoms with Crippen LogP contribution in [0.4, 0.5) is 4.79 Å². The number of rotatable bonds is 6. The zero-order valence-corrected chi connectivity index (χ0v) is 15.0. The number of benzene rings is 1. The first-order valence-electron chi connectivity index (χ1n) is 8.12. The molecule has 1 saturated heterocycles. The first kappa shape index (κ1) is 17.0. The topological polar surface area (TPSA) is 41.6 Å². The lowest BCUT2D eigenvalue weighted by Gasteiger charge is -2.18. The van der Waals surface area contributed by atoms with Crippen molar-refractivity contribution >= 4 is 14.2 Å². The van der Waals surface area contributed by atoms with Crippen LogP contribution in [-0.2, 0) is 11.3 Å². The Morgan fingerprint density at radius 1 is 1.32 bits per heavy atom. The van der Waals surface area contributed by atoms with Crippen LogP contribution in [-0.4, -0.2) is 44.8 Å². The van der Waals surface area contributed by atoms with E-state index < -0.39 is 8.07 Å². The van der Waals surface area contributed by atoms with E-state index in [-0.39, 0.29) is 12.1 Å². The predicted molar refractivity (Wildman–Crippen MR) is 92.8 cm³/mol. The molecule has 2 rings (SSSR count). The number of ether oxygens (including phenoxy) is 1. The van der Waals surface area contributed by atoms with Gasteiger partial charge < -0.3 is 10.1 Å². The third kappa shape index (κ3) is 6.20. The van der Waals surface area contributed by atoms with Crippen molar-refractivity contribution in [1.82, 2.24) is 10.2 Å². The zero-order chi connectivity index (χ0) is 16.0. The summed E-state index contributed by atoms with van der Waals surface area (Å²) in [5.41, 5.74) is 1.32. The molecule has 0 unspecified atom stereocenters. The van der Waals surface area contributed by atoms with E-state index in [1.807, 2.05) is 6.07 Å². The molecule has 1 aliphatic heterocycles. The summed E-state index contributed by atoms with van der Waals surface area (Å²) in [7, 11) is -1.14. The molecule has 1 atom stereocenters. The van der Waals surface area contributed by atoms with Crippen LogP contribution in [0.15, 0.2) is 30.3 Å². The summed E-state index contributed by atoms with van der Waals surface area (Å²) < 4.78 is 5.30. The van der Waals surface area contributed by atoms with E-state index in [0.717, 1.165) is 32.1 Å². The molecule has 4 nitrogen and oxygen atoms in total. The largest absolute Gasteiger partial charge is 0.450 e. The van der Waals surface area contributed by atoms with Crippen molar-refractivity contribution in [2.75, 3.05) is 19.7 Å². The smallest absolute Gasteiger partial charge is 0.407 e. The second-order valence-corrected chi connectivity index (χ2v) is 12.9. The van der Waals surface area contributed by atoms with Gasteiger partial charge in [-0.3, -0.25) is 4.90 Å². The Balaban J connectivity index is 1.66. The van der Waals surface area contributed by atoms with Gasteiger partial charge >= 0.3 is 6.09 Å². The third-order valence-electron chi connectivity index (χ3n) is 3.93. The van der Waals surface area contributed by atoms with Gasteiger partial charge in [0, 0.05) is 33.7 Å². The van der Waals surface area contributed by atoms with Crippen LogP contribution in [0.2, 0.25) is 25.7 Å². The summed E-state index contributed by atoms with van der Waals surface area (Å²) >= 11 is 0. The van der Waals surface area contributed by atoms with E-state index >= 15 is 0 Å². The fourth-order valence-electron chi connectivity index (χ4n) is 2.59. The van der Waals surface area contributed by atoms with Gasteiger partial charge in [-0.15, -0.1) is 0 Å². The number of nitrogens with one attached hydrogen (secondary N) is 1. The predicted octanol–water partition coefficient (Wildman–Crippen LogP) is 3.33. The summed E-state index contributed by atoms with van der Waals surface area (Å²) in [6.45, 7) is 10.3. The van der Waals surface area contributed by atoms with E-state index in [1.165, 1.54) is 5.56 Å². The number of alkyl carbamates (subject to hydrolysis) is 1. The Bertz CT molecular complexity index is 473. The number of likely N-dealkylation sites (tertiary alicyclic amines) is 1. The number of hydrogen-bond donors (Lipinski definition) is 1. The molecule has 0 radical (unpaired) electrons. The summed E-state index contributed by atoms with van der Waals surface area (Å²) in [5.74, 6) is 0. The summed E-state index contributed by atoms with van der Waals surface area (Å²) in [6, 6.07) is 11.7. The second kappa shape index (κ2) is 7.79. The highest BCUT2D eigenvalue weighted by Crippen LogP contribution is 2.14. The van der Waals surface area contributed by atoms with Gasteiger partial charge in [-0.2, -0.15) is 0 Å². The molecule has 22 heavy (non-hydrogen) atoms. The van der Waals surface area contributed by atoms with Crippen molar-refractivity contribution in [3.05, 3.63) is 35.9 Å². The molecule has 1 aromatic rings. The molecule has 1 aromatic carbocycles. The summed E-state index contributed by atoms with van der Waals surface area (Å²) in [5, 5.41) is 2.99. The second-order valence-electron chi connectivity index (χ2n) is 7.30. The van der Waals surface area contributed by atoms with Gasteiger partial charge in [0.25, 0.3) is 0 Å². The molecule has 1 aliphatic rings. The van der Waals surface area contributed by atoms with E-state index in [9.17, 15) is 4.79 Å². The minimum Gasteiger partial charge on any atom is -0.450 e. The lowest BCUT2D eigenvalue weighted by Crippen LogP contribution is -2.38. The molecule has 5 heteroatoms. The maximum atomic E-state index is 11.8. The van der Waals surface area contributed by atoms with Gasteiger partial charge in [0.2, 0.25) is 0 Å². The molecule has 0 saturated carbocycles. The summed E-state index contributed by atoms with van der Waals surface area (Å²) in [6.07, 6.45) is 0.737. The van der Waals surface area contributed by atoms with Crippen LogP contribution in [0.5, 0.6) is 0 Å².